The molecular formula is C13H14N2O2. The summed E-state index contributed by atoms with van der Waals surface area (Å²) in [5.41, 5.74) is 0.947. The van der Waals surface area contributed by atoms with Crippen molar-refractivity contribution in [1.29, 1.82) is 5.26 Å². The molecule has 1 amide bonds. The van der Waals surface area contributed by atoms with E-state index in [1.807, 2.05) is 12.1 Å². The van der Waals surface area contributed by atoms with E-state index < -0.39 is 0 Å². The second kappa shape index (κ2) is 5.35. The van der Waals surface area contributed by atoms with Crippen LogP contribution in [-0.4, -0.2) is 18.6 Å². The van der Waals surface area contributed by atoms with Gasteiger partial charge in [0.05, 0.1) is 12.5 Å². The molecule has 0 radical (unpaired) electrons. The Morgan fingerprint density at radius 2 is 2.12 bits per heavy atom. The molecule has 0 spiro atoms. The lowest BCUT2D eigenvalue weighted by molar-refractivity contribution is -0.123. The molecule has 4 heteroatoms. The standard InChI is InChI=1S/C13H14N2O2/c14-8-7-10-1-5-12(6-2-10)17-9-13(16)15-11-3-4-11/h1-2,5-6,11H,3-4,7,9H2,(H,15,16). The number of carbonyl (C=O) groups is 1. The molecular weight excluding hydrogens is 216 g/mol. The molecule has 1 fully saturated rings. The van der Waals surface area contributed by atoms with Crippen LogP contribution in [0.5, 0.6) is 5.75 Å². The van der Waals surface area contributed by atoms with Gasteiger partial charge in [0.25, 0.3) is 5.91 Å². The van der Waals surface area contributed by atoms with Crippen LogP contribution in [0, 0.1) is 11.3 Å². The number of ether oxygens (including phenoxy) is 1. The van der Waals surface area contributed by atoms with Crippen molar-refractivity contribution in [2.75, 3.05) is 6.61 Å². The Morgan fingerprint density at radius 1 is 1.41 bits per heavy atom. The van der Waals surface area contributed by atoms with Crippen LogP contribution < -0.4 is 10.1 Å². The highest BCUT2D eigenvalue weighted by molar-refractivity contribution is 5.78. The van der Waals surface area contributed by atoms with Gasteiger partial charge in [0.15, 0.2) is 6.61 Å². The van der Waals surface area contributed by atoms with Crippen molar-refractivity contribution in [3.05, 3.63) is 29.8 Å². The Kier molecular flexibility index (Phi) is 3.61. The van der Waals surface area contributed by atoms with E-state index in [0.717, 1.165) is 18.4 Å². The smallest absolute Gasteiger partial charge is 0.258 e. The Hall–Kier alpha value is -2.02. The number of amides is 1. The van der Waals surface area contributed by atoms with E-state index in [1.54, 1.807) is 12.1 Å². The Balaban J connectivity index is 1.78. The van der Waals surface area contributed by atoms with Crippen molar-refractivity contribution >= 4 is 5.91 Å². The predicted octanol–water partition coefficient (Wildman–Crippen LogP) is 1.41. The van der Waals surface area contributed by atoms with Crippen molar-refractivity contribution in [3.8, 4) is 11.8 Å². The summed E-state index contributed by atoms with van der Waals surface area (Å²) in [6, 6.07) is 9.65. The van der Waals surface area contributed by atoms with Gasteiger partial charge >= 0.3 is 0 Å². The van der Waals surface area contributed by atoms with Crippen molar-refractivity contribution in [2.24, 2.45) is 0 Å². The molecule has 4 nitrogen and oxygen atoms in total. The second-order valence-electron chi connectivity index (χ2n) is 4.11. The number of nitrogens with zero attached hydrogens (tertiary/aromatic N) is 1. The molecule has 0 aromatic heterocycles. The Bertz CT molecular complexity index is 430. The third-order valence-corrected chi connectivity index (χ3v) is 2.52. The van der Waals surface area contributed by atoms with Crippen LogP contribution in [0.4, 0.5) is 0 Å². The zero-order valence-electron chi connectivity index (χ0n) is 9.48. The number of benzene rings is 1. The van der Waals surface area contributed by atoms with Gasteiger partial charge in [-0.2, -0.15) is 5.26 Å². The summed E-state index contributed by atoms with van der Waals surface area (Å²) < 4.78 is 5.33. The Labute approximate surface area is 100 Å². The largest absolute Gasteiger partial charge is 0.484 e. The van der Waals surface area contributed by atoms with E-state index in [2.05, 4.69) is 11.4 Å². The van der Waals surface area contributed by atoms with E-state index in [9.17, 15) is 4.79 Å². The molecule has 2 rings (SSSR count). The van der Waals surface area contributed by atoms with E-state index in [-0.39, 0.29) is 12.5 Å². The highest BCUT2D eigenvalue weighted by Gasteiger charge is 2.23. The van der Waals surface area contributed by atoms with Gasteiger partial charge in [0.2, 0.25) is 0 Å². The average molecular weight is 230 g/mol. The molecule has 88 valence electrons. The van der Waals surface area contributed by atoms with Crippen molar-refractivity contribution < 1.29 is 9.53 Å². The summed E-state index contributed by atoms with van der Waals surface area (Å²) >= 11 is 0. The molecule has 1 aliphatic carbocycles. The molecule has 1 N–H and O–H groups in total. The molecule has 17 heavy (non-hydrogen) atoms. The maximum Gasteiger partial charge on any atom is 0.258 e. The maximum atomic E-state index is 11.4. The van der Waals surface area contributed by atoms with Crippen LogP contribution in [0.15, 0.2) is 24.3 Å². The summed E-state index contributed by atoms with van der Waals surface area (Å²) in [5.74, 6) is 0.575. The molecule has 1 aromatic carbocycles. The summed E-state index contributed by atoms with van der Waals surface area (Å²) in [4.78, 5) is 11.4. The minimum atomic E-state index is -0.0754. The van der Waals surface area contributed by atoms with E-state index in [1.165, 1.54) is 0 Å². The lowest BCUT2D eigenvalue weighted by Crippen LogP contribution is -2.30. The van der Waals surface area contributed by atoms with Crippen molar-refractivity contribution in [2.45, 2.75) is 25.3 Å². The third-order valence-electron chi connectivity index (χ3n) is 2.52. The second-order valence-corrected chi connectivity index (χ2v) is 4.11. The van der Waals surface area contributed by atoms with Gasteiger partial charge in [0.1, 0.15) is 5.75 Å². The molecule has 0 heterocycles. The van der Waals surface area contributed by atoms with Crippen molar-refractivity contribution in [1.82, 2.24) is 5.32 Å². The molecule has 0 atom stereocenters. The first-order valence-electron chi connectivity index (χ1n) is 5.66. The van der Waals surface area contributed by atoms with Gasteiger partial charge in [-0.05, 0) is 30.5 Å². The number of hydrogen-bond donors (Lipinski definition) is 1. The number of rotatable bonds is 5. The minimum absolute atomic E-state index is 0.0497. The monoisotopic (exact) mass is 230 g/mol. The lowest BCUT2D eigenvalue weighted by atomic mass is 10.2. The highest BCUT2D eigenvalue weighted by Crippen LogP contribution is 2.18. The van der Waals surface area contributed by atoms with Crippen LogP contribution in [0.25, 0.3) is 0 Å². The number of nitriles is 1. The fourth-order valence-corrected chi connectivity index (χ4v) is 1.44. The maximum absolute atomic E-state index is 11.4. The van der Waals surface area contributed by atoms with Gasteiger partial charge in [-0.1, -0.05) is 12.1 Å². The lowest BCUT2D eigenvalue weighted by Gasteiger charge is -2.06. The fourth-order valence-electron chi connectivity index (χ4n) is 1.44. The number of carbonyl (C=O) groups excluding carboxylic acids is 1. The normalized spacial score (nSPS) is 13.8. The van der Waals surface area contributed by atoms with E-state index >= 15 is 0 Å². The zero-order valence-corrected chi connectivity index (χ0v) is 9.48. The van der Waals surface area contributed by atoms with Gasteiger partial charge in [-0.15, -0.1) is 0 Å². The van der Waals surface area contributed by atoms with E-state index in [0.29, 0.717) is 18.2 Å². The van der Waals surface area contributed by atoms with Gasteiger partial charge < -0.3 is 10.1 Å². The van der Waals surface area contributed by atoms with Gasteiger partial charge in [-0.3, -0.25) is 4.79 Å². The molecule has 1 saturated carbocycles. The molecule has 0 saturated heterocycles. The quantitative estimate of drug-likeness (QED) is 0.831. The van der Waals surface area contributed by atoms with Crippen LogP contribution >= 0.6 is 0 Å². The minimum Gasteiger partial charge on any atom is -0.484 e. The Morgan fingerprint density at radius 3 is 2.71 bits per heavy atom. The summed E-state index contributed by atoms with van der Waals surface area (Å²) in [7, 11) is 0. The first-order valence-corrected chi connectivity index (χ1v) is 5.66. The summed E-state index contributed by atoms with van der Waals surface area (Å²) in [6.45, 7) is 0.0497. The zero-order chi connectivity index (χ0) is 12.1. The highest BCUT2D eigenvalue weighted by atomic mass is 16.5. The first-order chi connectivity index (χ1) is 8.28. The van der Waals surface area contributed by atoms with Crippen LogP contribution in [-0.2, 0) is 11.2 Å². The van der Waals surface area contributed by atoms with Crippen LogP contribution in [0.3, 0.4) is 0 Å². The van der Waals surface area contributed by atoms with Gasteiger partial charge in [-0.25, -0.2) is 0 Å². The molecule has 1 aliphatic rings. The summed E-state index contributed by atoms with van der Waals surface area (Å²) in [5, 5.41) is 11.4. The number of hydrogen-bond acceptors (Lipinski definition) is 3. The predicted molar refractivity (Wildman–Crippen MR) is 62.4 cm³/mol. The van der Waals surface area contributed by atoms with Crippen LogP contribution in [0.1, 0.15) is 18.4 Å². The fraction of sp³-hybridized carbons (Fsp3) is 0.385. The van der Waals surface area contributed by atoms with Crippen LogP contribution in [0.2, 0.25) is 0 Å². The van der Waals surface area contributed by atoms with E-state index in [4.69, 9.17) is 10.00 Å². The molecule has 0 bridgehead atoms. The van der Waals surface area contributed by atoms with Gasteiger partial charge in [0, 0.05) is 6.04 Å². The third kappa shape index (κ3) is 3.80. The molecule has 0 unspecified atom stereocenters. The number of nitrogens with one attached hydrogen (secondary N) is 1. The topological polar surface area (TPSA) is 62.1 Å². The molecule has 1 aromatic rings. The average Bonchev–Trinajstić information content (AvgIpc) is 3.12. The SMILES string of the molecule is N#CCc1ccc(OCC(=O)NC2CC2)cc1. The molecule has 0 aliphatic heterocycles. The first kappa shape index (κ1) is 11.5. The van der Waals surface area contributed by atoms with Crippen molar-refractivity contribution in [3.63, 3.8) is 0 Å². The summed E-state index contributed by atoms with van der Waals surface area (Å²) in [6.07, 6.45) is 2.55.